The molecule has 16 heavy (non-hydrogen) atoms. The molecule has 88 valence electrons. The van der Waals surface area contributed by atoms with E-state index >= 15 is 0 Å². The van der Waals surface area contributed by atoms with Gasteiger partial charge in [-0.25, -0.2) is 4.39 Å². The highest BCUT2D eigenvalue weighted by molar-refractivity contribution is 9.10. The first-order chi connectivity index (χ1) is 7.50. The van der Waals surface area contributed by atoms with Crippen LogP contribution in [0.3, 0.4) is 0 Å². The molecule has 0 saturated heterocycles. The zero-order chi connectivity index (χ0) is 12.1. The molecule has 1 aromatic carbocycles. The van der Waals surface area contributed by atoms with Gasteiger partial charge in [-0.2, -0.15) is 0 Å². The van der Waals surface area contributed by atoms with E-state index in [1.807, 2.05) is 0 Å². The smallest absolute Gasteiger partial charge is 0.233 e. The molecule has 2 atom stereocenters. The topological polar surface area (TPSA) is 49.3 Å². The summed E-state index contributed by atoms with van der Waals surface area (Å²) in [6, 6.07) is 5.52. The molecule has 3 nitrogen and oxygen atoms in total. The molecule has 0 heterocycles. The summed E-state index contributed by atoms with van der Waals surface area (Å²) >= 11 is 3.11. The number of carbonyl (C=O) groups is 1. The highest BCUT2D eigenvalue weighted by Gasteiger charge is 2.12. The molecule has 1 amide bonds. The second-order valence-corrected chi connectivity index (χ2v) is 4.80. The van der Waals surface area contributed by atoms with Crippen LogP contribution in [-0.4, -0.2) is 22.4 Å². The van der Waals surface area contributed by atoms with Crippen LogP contribution >= 0.6 is 15.9 Å². The molecule has 0 fully saturated rings. The Hall–Kier alpha value is -0.940. The van der Waals surface area contributed by atoms with E-state index in [1.165, 1.54) is 24.3 Å². The van der Waals surface area contributed by atoms with E-state index in [2.05, 4.69) is 21.2 Å². The van der Waals surface area contributed by atoms with Crippen LogP contribution in [0.25, 0.3) is 0 Å². The summed E-state index contributed by atoms with van der Waals surface area (Å²) in [5.74, 6) is -0.546. The van der Waals surface area contributed by atoms with E-state index in [-0.39, 0.29) is 23.1 Å². The van der Waals surface area contributed by atoms with Crippen molar-refractivity contribution >= 4 is 21.8 Å². The van der Waals surface area contributed by atoms with Gasteiger partial charge in [-0.3, -0.25) is 4.79 Å². The monoisotopic (exact) mass is 289 g/mol. The van der Waals surface area contributed by atoms with E-state index in [0.717, 1.165) is 0 Å². The summed E-state index contributed by atoms with van der Waals surface area (Å²) in [5.41, 5.74) is 0.573. The zero-order valence-electron chi connectivity index (χ0n) is 8.78. The molecule has 0 aliphatic rings. The number of amides is 1. The summed E-state index contributed by atoms with van der Waals surface area (Å²) in [4.78, 5) is 10.9. The van der Waals surface area contributed by atoms with Crippen LogP contribution in [0.2, 0.25) is 0 Å². The van der Waals surface area contributed by atoms with Crippen LogP contribution in [0.15, 0.2) is 24.3 Å². The van der Waals surface area contributed by atoms with Gasteiger partial charge in [0.15, 0.2) is 0 Å². The first-order valence-corrected chi connectivity index (χ1v) is 5.77. The van der Waals surface area contributed by atoms with Crippen molar-refractivity contribution in [1.29, 1.82) is 0 Å². The minimum Gasteiger partial charge on any atom is -0.387 e. The van der Waals surface area contributed by atoms with Gasteiger partial charge in [0.2, 0.25) is 5.91 Å². The van der Waals surface area contributed by atoms with Crippen molar-refractivity contribution < 1.29 is 14.3 Å². The molecule has 0 spiro atoms. The predicted octanol–water partition coefficient (Wildman–Crippen LogP) is 1.76. The van der Waals surface area contributed by atoms with Gasteiger partial charge in [0.1, 0.15) is 5.82 Å². The van der Waals surface area contributed by atoms with Crippen molar-refractivity contribution in [2.45, 2.75) is 17.9 Å². The number of halogens is 2. The van der Waals surface area contributed by atoms with Gasteiger partial charge in [0.05, 0.1) is 10.9 Å². The molecule has 0 saturated carbocycles. The van der Waals surface area contributed by atoms with Gasteiger partial charge in [-0.1, -0.05) is 28.1 Å². The first-order valence-electron chi connectivity index (χ1n) is 4.86. The number of nitrogens with one attached hydrogen (secondary N) is 1. The maximum Gasteiger partial charge on any atom is 0.233 e. The van der Waals surface area contributed by atoms with Gasteiger partial charge in [-0.15, -0.1) is 0 Å². The Bertz CT molecular complexity index is 354. The molecular formula is C11H13BrFNO2. The van der Waals surface area contributed by atoms with Crippen molar-refractivity contribution in [3.8, 4) is 0 Å². The van der Waals surface area contributed by atoms with E-state index < -0.39 is 6.10 Å². The number of aliphatic hydroxyl groups excluding tert-OH is 1. The van der Waals surface area contributed by atoms with Crippen LogP contribution in [-0.2, 0) is 4.79 Å². The average molecular weight is 290 g/mol. The predicted molar refractivity (Wildman–Crippen MR) is 62.8 cm³/mol. The minimum atomic E-state index is -0.823. The summed E-state index contributed by atoms with van der Waals surface area (Å²) in [6.07, 6.45) is -0.823. The number of rotatable bonds is 4. The molecule has 2 N–H and O–H groups in total. The van der Waals surface area contributed by atoms with E-state index in [4.69, 9.17) is 0 Å². The second kappa shape index (κ2) is 5.96. The van der Waals surface area contributed by atoms with Gasteiger partial charge in [-0.05, 0) is 24.6 Å². The molecule has 0 radical (unpaired) electrons. The molecule has 0 bridgehead atoms. The third-order valence-electron chi connectivity index (χ3n) is 2.09. The molecule has 0 aliphatic heterocycles. The normalized spacial score (nSPS) is 14.2. The highest BCUT2D eigenvalue weighted by Crippen LogP contribution is 2.12. The Morgan fingerprint density at radius 3 is 2.56 bits per heavy atom. The van der Waals surface area contributed by atoms with Crippen LogP contribution < -0.4 is 5.32 Å². The number of carbonyl (C=O) groups excluding carboxylic acids is 1. The average Bonchev–Trinajstić information content (AvgIpc) is 2.26. The van der Waals surface area contributed by atoms with Crippen molar-refractivity contribution in [2.24, 2.45) is 0 Å². The molecule has 1 aromatic rings. The van der Waals surface area contributed by atoms with Gasteiger partial charge in [0.25, 0.3) is 0 Å². The fourth-order valence-corrected chi connectivity index (χ4v) is 1.30. The SMILES string of the molecule is C[C@@H](Br)C(=O)NC[C@@H](O)c1ccc(F)cc1. The summed E-state index contributed by atoms with van der Waals surface area (Å²) < 4.78 is 12.6. The lowest BCUT2D eigenvalue weighted by Gasteiger charge is -2.12. The Labute approximate surface area is 102 Å². The van der Waals surface area contributed by atoms with Crippen molar-refractivity contribution in [1.82, 2.24) is 5.32 Å². The molecule has 0 aromatic heterocycles. The molecule has 0 aliphatic carbocycles. The van der Waals surface area contributed by atoms with Crippen molar-refractivity contribution in [3.05, 3.63) is 35.6 Å². The lowest BCUT2D eigenvalue weighted by Crippen LogP contribution is -2.32. The lowest BCUT2D eigenvalue weighted by atomic mass is 10.1. The number of aliphatic hydroxyl groups is 1. The number of alkyl halides is 1. The molecule has 0 unspecified atom stereocenters. The van der Waals surface area contributed by atoms with Gasteiger partial charge in [0, 0.05) is 6.54 Å². The minimum absolute atomic E-state index is 0.112. The number of benzene rings is 1. The maximum absolute atomic E-state index is 12.6. The largest absolute Gasteiger partial charge is 0.387 e. The van der Waals surface area contributed by atoms with Gasteiger partial charge < -0.3 is 10.4 Å². The van der Waals surface area contributed by atoms with Crippen LogP contribution in [0.4, 0.5) is 4.39 Å². The summed E-state index contributed by atoms with van der Waals surface area (Å²) in [7, 11) is 0. The highest BCUT2D eigenvalue weighted by atomic mass is 79.9. The Morgan fingerprint density at radius 1 is 1.50 bits per heavy atom. The zero-order valence-corrected chi connectivity index (χ0v) is 10.4. The van der Waals surface area contributed by atoms with E-state index in [1.54, 1.807) is 6.92 Å². The molecule has 5 heteroatoms. The summed E-state index contributed by atoms with van der Waals surface area (Å²) in [5, 5.41) is 12.3. The Balaban J connectivity index is 2.49. The fourth-order valence-electron chi connectivity index (χ4n) is 1.14. The quantitative estimate of drug-likeness (QED) is 0.830. The van der Waals surface area contributed by atoms with E-state index in [0.29, 0.717) is 5.56 Å². The maximum atomic E-state index is 12.6. The van der Waals surface area contributed by atoms with Crippen molar-refractivity contribution in [2.75, 3.05) is 6.54 Å². The second-order valence-electron chi connectivity index (χ2n) is 3.43. The standard InChI is InChI=1S/C11H13BrFNO2/c1-7(12)11(16)14-6-10(15)8-2-4-9(13)5-3-8/h2-5,7,10,15H,6H2,1H3,(H,14,16)/t7-,10-/m1/s1. The Kier molecular flexibility index (Phi) is 4.89. The molecular weight excluding hydrogens is 277 g/mol. The van der Waals surface area contributed by atoms with Gasteiger partial charge >= 0.3 is 0 Å². The van der Waals surface area contributed by atoms with Crippen LogP contribution in [0.1, 0.15) is 18.6 Å². The molecule has 1 rings (SSSR count). The Morgan fingerprint density at radius 2 is 2.06 bits per heavy atom. The fraction of sp³-hybridized carbons (Fsp3) is 0.364. The van der Waals surface area contributed by atoms with E-state index in [9.17, 15) is 14.3 Å². The number of hydrogen-bond donors (Lipinski definition) is 2. The van der Waals surface area contributed by atoms with Crippen LogP contribution in [0, 0.1) is 5.82 Å². The summed E-state index contributed by atoms with van der Waals surface area (Å²) in [6.45, 7) is 1.81. The third-order valence-corrected chi connectivity index (χ3v) is 2.50. The van der Waals surface area contributed by atoms with Crippen LogP contribution in [0.5, 0.6) is 0 Å². The third kappa shape index (κ3) is 3.90. The first kappa shape index (κ1) is 13.1. The van der Waals surface area contributed by atoms with Crippen molar-refractivity contribution in [3.63, 3.8) is 0 Å². The lowest BCUT2D eigenvalue weighted by molar-refractivity contribution is -0.120. The number of hydrogen-bond acceptors (Lipinski definition) is 2.